The summed E-state index contributed by atoms with van der Waals surface area (Å²) < 4.78 is 4.61. The maximum absolute atomic E-state index is 11.0. The van der Waals surface area contributed by atoms with Gasteiger partial charge in [-0.1, -0.05) is 38.1 Å². The summed E-state index contributed by atoms with van der Waals surface area (Å²) in [5.41, 5.74) is 2.64. The number of ether oxygens (including phenoxy) is 1. The van der Waals surface area contributed by atoms with E-state index >= 15 is 0 Å². The van der Waals surface area contributed by atoms with Crippen LogP contribution in [-0.4, -0.2) is 19.6 Å². The third-order valence-corrected chi connectivity index (χ3v) is 3.34. The second-order valence-corrected chi connectivity index (χ2v) is 5.18. The Morgan fingerprint density at radius 1 is 1.16 bits per heavy atom. The fourth-order valence-corrected chi connectivity index (χ4v) is 1.94. The van der Waals surface area contributed by atoms with E-state index in [2.05, 4.69) is 55.1 Å². The Morgan fingerprint density at radius 3 is 2.26 bits per heavy atom. The minimum absolute atomic E-state index is 0.143. The molecular formula is C16H25NO2. The van der Waals surface area contributed by atoms with Crippen LogP contribution in [0.5, 0.6) is 0 Å². The van der Waals surface area contributed by atoms with Gasteiger partial charge in [-0.25, -0.2) is 0 Å². The van der Waals surface area contributed by atoms with Crippen molar-refractivity contribution in [2.75, 3.05) is 13.7 Å². The van der Waals surface area contributed by atoms with Gasteiger partial charge in [-0.05, 0) is 36.9 Å². The second kappa shape index (κ2) is 7.95. The highest BCUT2D eigenvalue weighted by Gasteiger charge is 2.06. The van der Waals surface area contributed by atoms with E-state index in [1.165, 1.54) is 18.2 Å². The molecule has 0 radical (unpaired) electrons. The Labute approximate surface area is 116 Å². The monoisotopic (exact) mass is 263 g/mol. The molecule has 0 aromatic heterocycles. The van der Waals surface area contributed by atoms with Crippen LogP contribution in [0, 0.1) is 0 Å². The molecule has 0 heterocycles. The van der Waals surface area contributed by atoms with Crippen LogP contribution in [0.25, 0.3) is 0 Å². The smallest absolute Gasteiger partial charge is 0.305 e. The van der Waals surface area contributed by atoms with Crippen LogP contribution in [-0.2, 0) is 9.53 Å². The van der Waals surface area contributed by atoms with Gasteiger partial charge in [0, 0.05) is 12.5 Å². The molecule has 0 aliphatic heterocycles. The summed E-state index contributed by atoms with van der Waals surface area (Å²) in [4.78, 5) is 11.0. The third-order valence-electron chi connectivity index (χ3n) is 3.34. The largest absolute Gasteiger partial charge is 0.469 e. The molecule has 3 nitrogen and oxygen atoms in total. The van der Waals surface area contributed by atoms with Gasteiger partial charge in [0.15, 0.2) is 0 Å². The first-order valence-corrected chi connectivity index (χ1v) is 6.94. The highest BCUT2D eigenvalue weighted by molar-refractivity contribution is 5.69. The average Bonchev–Trinajstić information content (AvgIpc) is 2.43. The summed E-state index contributed by atoms with van der Waals surface area (Å²) in [6.07, 6.45) is 1.28. The summed E-state index contributed by atoms with van der Waals surface area (Å²) in [6.45, 7) is 7.36. The van der Waals surface area contributed by atoms with Gasteiger partial charge in [0.05, 0.1) is 7.11 Å². The van der Waals surface area contributed by atoms with Gasteiger partial charge >= 0.3 is 5.97 Å². The van der Waals surface area contributed by atoms with E-state index in [1.807, 2.05) is 0 Å². The molecule has 0 fully saturated rings. The van der Waals surface area contributed by atoms with E-state index in [0.717, 1.165) is 13.0 Å². The molecule has 1 unspecified atom stereocenters. The molecule has 0 saturated heterocycles. The lowest BCUT2D eigenvalue weighted by Gasteiger charge is -2.15. The van der Waals surface area contributed by atoms with Crippen LogP contribution in [0.15, 0.2) is 24.3 Å². The molecule has 1 atom stereocenters. The van der Waals surface area contributed by atoms with E-state index in [4.69, 9.17) is 0 Å². The second-order valence-electron chi connectivity index (χ2n) is 5.18. The first-order valence-electron chi connectivity index (χ1n) is 6.94. The zero-order valence-electron chi connectivity index (χ0n) is 12.4. The zero-order valence-corrected chi connectivity index (χ0v) is 12.4. The summed E-state index contributed by atoms with van der Waals surface area (Å²) in [5, 5.41) is 3.42. The normalized spacial score (nSPS) is 12.5. The Morgan fingerprint density at radius 2 is 1.74 bits per heavy atom. The molecule has 1 rings (SSSR count). The molecule has 3 heteroatoms. The van der Waals surface area contributed by atoms with Crippen LogP contribution in [0.2, 0.25) is 0 Å². The van der Waals surface area contributed by atoms with Crippen LogP contribution in [0.3, 0.4) is 0 Å². The number of carbonyl (C=O) groups is 1. The molecule has 0 amide bonds. The number of esters is 1. The molecule has 0 aliphatic rings. The number of methoxy groups -OCH3 is 1. The van der Waals surface area contributed by atoms with Crippen molar-refractivity contribution in [1.82, 2.24) is 5.32 Å². The number of rotatable bonds is 7. The summed E-state index contributed by atoms with van der Waals surface area (Å²) in [7, 11) is 1.43. The minimum Gasteiger partial charge on any atom is -0.469 e. The van der Waals surface area contributed by atoms with Crippen molar-refractivity contribution in [2.24, 2.45) is 0 Å². The zero-order chi connectivity index (χ0) is 14.3. The average molecular weight is 263 g/mol. The standard InChI is InChI=1S/C16H25NO2/c1-12(2)14-7-9-15(10-8-14)13(3)17-11-5-6-16(18)19-4/h7-10,12-13,17H,5-6,11H2,1-4H3. The lowest BCUT2D eigenvalue weighted by molar-refractivity contribution is -0.140. The van der Waals surface area contributed by atoms with Gasteiger partial charge in [-0.2, -0.15) is 0 Å². The molecule has 0 bridgehead atoms. The molecule has 0 saturated carbocycles. The van der Waals surface area contributed by atoms with E-state index in [-0.39, 0.29) is 5.97 Å². The molecule has 1 aromatic carbocycles. The van der Waals surface area contributed by atoms with Gasteiger partial charge in [0.25, 0.3) is 0 Å². The summed E-state index contributed by atoms with van der Waals surface area (Å²) in [6, 6.07) is 9.03. The van der Waals surface area contributed by atoms with Gasteiger partial charge in [0.2, 0.25) is 0 Å². The molecule has 106 valence electrons. The lowest BCUT2D eigenvalue weighted by atomic mass is 9.99. The molecule has 19 heavy (non-hydrogen) atoms. The van der Waals surface area contributed by atoms with Gasteiger partial charge in [-0.3, -0.25) is 4.79 Å². The van der Waals surface area contributed by atoms with Crippen molar-refractivity contribution in [3.63, 3.8) is 0 Å². The molecule has 1 N–H and O–H groups in total. The van der Waals surface area contributed by atoms with Crippen LogP contribution in [0.4, 0.5) is 0 Å². The van der Waals surface area contributed by atoms with E-state index < -0.39 is 0 Å². The lowest BCUT2D eigenvalue weighted by Crippen LogP contribution is -2.20. The van der Waals surface area contributed by atoms with E-state index in [1.54, 1.807) is 0 Å². The Kier molecular flexibility index (Phi) is 6.57. The highest BCUT2D eigenvalue weighted by atomic mass is 16.5. The van der Waals surface area contributed by atoms with Crippen LogP contribution in [0.1, 0.15) is 56.7 Å². The fourth-order valence-electron chi connectivity index (χ4n) is 1.94. The molecular weight excluding hydrogens is 238 g/mol. The fraction of sp³-hybridized carbons (Fsp3) is 0.562. The third kappa shape index (κ3) is 5.43. The first-order chi connectivity index (χ1) is 9.04. The van der Waals surface area contributed by atoms with E-state index in [0.29, 0.717) is 18.4 Å². The van der Waals surface area contributed by atoms with Gasteiger partial charge in [0.1, 0.15) is 0 Å². The number of hydrogen-bond acceptors (Lipinski definition) is 3. The maximum atomic E-state index is 11.0. The number of nitrogens with one attached hydrogen (secondary N) is 1. The van der Waals surface area contributed by atoms with Gasteiger partial charge < -0.3 is 10.1 Å². The number of carbonyl (C=O) groups excluding carboxylic acids is 1. The Bertz CT molecular complexity index is 384. The molecule has 0 spiro atoms. The molecule has 0 aliphatic carbocycles. The van der Waals surface area contributed by atoms with Crippen LogP contribution >= 0.6 is 0 Å². The first kappa shape index (κ1) is 15.7. The molecule has 1 aromatic rings. The SMILES string of the molecule is COC(=O)CCCNC(C)c1ccc(C(C)C)cc1. The summed E-state index contributed by atoms with van der Waals surface area (Å²) >= 11 is 0. The van der Waals surface area contributed by atoms with Crippen molar-refractivity contribution in [1.29, 1.82) is 0 Å². The number of hydrogen-bond donors (Lipinski definition) is 1. The van der Waals surface area contributed by atoms with Crippen molar-refractivity contribution in [3.8, 4) is 0 Å². The number of benzene rings is 1. The maximum Gasteiger partial charge on any atom is 0.305 e. The van der Waals surface area contributed by atoms with Crippen molar-refractivity contribution in [2.45, 2.75) is 45.6 Å². The van der Waals surface area contributed by atoms with Crippen molar-refractivity contribution < 1.29 is 9.53 Å². The Hall–Kier alpha value is -1.35. The van der Waals surface area contributed by atoms with E-state index in [9.17, 15) is 4.79 Å². The van der Waals surface area contributed by atoms with Gasteiger partial charge in [-0.15, -0.1) is 0 Å². The highest BCUT2D eigenvalue weighted by Crippen LogP contribution is 2.18. The Balaban J connectivity index is 2.36. The van der Waals surface area contributed by atoms with Crippen molar-refractivity contribution >= 4 is 5.97 Å². The topological polar surface area (TPSA) is 38.3 Å². The van der Waals surface area contributed by atoms with Crippen molar-refractivity contribution in [3.05, 3.63) is 35.4 Å². The quantitative estimate of drug-likeness (QED) is 0.605. The minimum atomic E-state index is -0.143. The van der Waals surface area contributed by atoms with Crippen LogP contribution < -0.4 is 5.32 Å². The predicted octanol–water partition coefficient (Wildman–Crippen LogP) is 3.41. The summed E-state index contributed by atoms with van der Waals surface area (Å²) in [5.74, 6) is 0.424. The predicted molar refractivity (Wildman–Crippen MR) is 78.2 cm³/mol.